The fourth-order valence-electron chi connectivity index (χ4n) is 5.21. The highest BCUT2D eigenvalue weighted by Crippen LogP contribution is 2.43. The van der Waals surface area contributed by atoms with Crippen LogP contribution in [-0.4, -0.2) is 6.10 Å². The molecule has 1 atom stereocenters. The van der Waals surface area contributed by atoms with Gasteiger partial charge in [0.05, 0.1) is 0 Å². The van der Waals surface area contributed by atoms with Crippen molar-refractivity contribution in [2.45, 2.75) is 89.6 Å². The molecule has 1 nitrogen and oxygen atoms in total. The summed E-state index contributed by atoms with van der Waals surface area (Å²) in [5.41, 5.74) is 1.49. The lowest BCUT2D eigenvalue weighted by Crippen LogP contribution is -2.33. The molecule has 138 valence electrons. The Kier molecular flexibility index (Phi) is 5.01. The molecule has 3 aliphatic rings. The minimum Gasteiger partial charge on any atom is -0.487 e. The SMILES string of the molecule is CC1CCC(c2cc3c(c(F)c2F)OC(C2CCCCC2)CC3)CC1. The molecule has 25 heavy (non-hydrogen) atoms. The molecule has 2 aliphatic carbocycles. The van der Waals surface area contributed by atoms with Gasteiger partial charge in [-0.2, -0.15) is 4.39 Å². The molecule has 1 aliphatic heterocycles. The van der Waals surface area contributed by atoms with Crippen LogP contribution >= 0.6 is 0 Å². The molecule has 0 N–H and O–H groups in total. The smallest absolute Gasteiger partial charge is 0.201 e. The van der Waals surface area contributed by atoms with Crippen molar-refractivity contribution >= 4 is 0 Å². The predicted molar refractivity (Wildman–Crippen MR) is 96.0 cm³/mol. The van der Waals surface area contributed by atoms with Crippen molar-refractivity contribution in [1.29, 1.82) is 0 Å². The van der Waals surface area contributed by atoms with Crippen LogP contribution in [0.5, 0.6) is 5.75 Å². The maximum Gasteiger partial charge on any atom is 0.201 e. The maximum absolute atomic E-state index is 14.8. The summed E-state index contributed by atoms with van der Waals surface area (Å²) in [6.45, 7) is 2.25. The summed E-state index contributed by atoms with van der Waals surface area (Å²) in [5.74, 6) is 0.235. The largest absolute Gasteiger partial charge is 0.487 e. The quantitative estimate of drug-likeness (QED) is 0.590. The lowest BCUT2D eigenvalue weighted by atomic mass is 9.78. The monoisotopic (exact) mass is 348 g/mol. The first kappa shape index (κ1) is 17.3. The molecule has 0 amide bonds. The van der Waals surface area contributed by atoms with Crippen LogP contribution in [0.25, 0.3) is 0 Å². The summed E-state index contributed by atoms with van der Waals surface area (Å²) in [6.07, 6.45) is 12.1. The average Bonchev–Trinajstić information content (AvgIpc) is 2.66. The van der Waals surface area contributed by atoms with Crippen molar-refractivity contribution < 1.29 is 13.5 Å². The van der Waals surface area contributed by atoms with Crippen LogP contribution in [0.3, 0.4) is 0 Å². The van der Waals surface area contributed by atoms with Crippen LogP contribution in [0.4, 0.5) is 8.78 Å². The van der Waals surface area contributed by atoms with E-state index in [4.69, 9.17) is 4.74 Å². The Hall–Kier alpha value is -1.12. The highest BCUT2D eigenvalue weighted by Gasteiger charge is 2.33. The van der Waals surface area contributed by atoms with Gasteiger partial charge in [0.25, 0.3) is 0 Å². The molecule has 0 radical (unpaired) electrons. The van der Waals surface area contributed by atoms with E-state index in [0.717, 1.165) is 44.1 Å². The molecule has 0 aromatic heterocycles. The van der Waals surface area contributed by atoms with Gasteiger partial charge in [0.1, 0.15) is 6.10 Å². The van der Waals surface area contributed by atoms with Crippen molar-refractivity contribution in [3.63, 3.8) is 0 Å². The summed E-state index contributed by atoms with van der Waals surface area (Å²) in [4.78, 5) is 0. The molecular formula is C22H30F2O. The molecule has 0 bridgehead atoms. The van der Waals surface area contributed by atoms with Crippen molar-refractivity contribution in [2.75, 3.05) is 0 Å². The molecule has 1 unspecified atom stereocenters. The van der Waals surface area contributed by atoms with Crippen LogP contribution in [0.2, 0.25) is 0 Å². The zero-order valence-corrected chi connectivity index (χ0v) is 15.3. The summed E-state index contributed by atoms with van der Waals surface area (Å²) in [7, 11) is 0. The number of hydrogen-bond acceptors (Lipinski definition) is 1. The lowest BCUT2D eigenvalue weighted by molar-refractivity contribution is 0.0822. The van der Waals surface area contributed by atoms with Gasteiger partial charge in [0.15, 0.2) is 11.6 Å². The third-order valence-corrected chi connectivity index (χ3v) is 6.87. The number of fused-ring (bicyclic) bond motifs is 1. The molecule has 2 saturated carbocycles. The van der Waals surface area contributed by atoms with Crippen LogP contribution in [0, 0.1) is 23.5 Å². The number of aryl methyl sites for hydroxylation is 1. The Bertz CT molecular complexity index is 613. The van der Waals surface area contributed by atoms with Gasteiger partial charge < -0.3 is 4.74 Å². The van der Waals surface area contributed by atoms with Gasteiger partial charge in [-0.3, -0.25) is 0 Å². The first-order valence-corrected chi connectivity index (χ1v) is 10.3. The van der Waals surface area contributed by atoms with E-state index in [1.54, 1.807) is 0 Å². The molecule has 1 aromatic rings. The Morgan fingerprint density at radius 3 is 2.32 bits per heavy atom. The molecule has 1 heterocycles. The van der Waals surface area contributed by atoms with Gasteiger partial charge in [0, 0.05) is 0 Å². The molecule has 2 fully saturated rings. The number of halogens is 2. The van der Waals surface area contributed by atoms with Gasteiger partial charge in [-0.25, -0.2) is 4.39 Å². The first-order chi connectivity index (χ1) is 12.1. The molecule has 3 heteroatoms. The summed E-state index contributed by atoms with van der Waals surface area (Å²) in [6, 6.07) is 1.92. The second kappa shape index (κ2) is 7.25. The van der Waals surface area contributed by atoms with Crippen molar-refractivity contribution in [2.24, 2.45) is 11.8 Å². The minimum absolute atomic E-state index is 0.0723. The molecule has 0 spiro atoms. The average molecular weight is 348 g/mol. The Morgan fingerprint density at radius 2 is 1.60 bits per heavy atom. The van der Waals surface area contributed by atoms with E-state index in [1.807, 2.05) is 6.07 Å². The standard InChI is InChI=1S/C22H30F2O/c1-14-7-9-15(10-8-14)18-13-17-11-12-19(16-5-3-2-4-6-16)25-22(17)21(24)20(18)23/h13-16,19H,2-12H2,1H3. The Morgan fingerprint density at radius 1 is 0.880 bits per heavy atom. The van der Waals surface area contributed by atoms with E-state index < -0.39 is 11.6 Å². The number of rotatable bonds is 2. The number of ether oxygens (including phenoxy) is 1. The Balaban J connectivity index is 1.56. The molecular weight excluding hydrogens is 318 g/mol. The van der Waals surface area contributed by atoms with Gasteiger partial charge in [0.2, 0.25) is 5.82 Å². The van der Waals surface area contributed by atoms with E-state index in [2.05, 4.69) is 6.92 Å². The van der Waals surface area contributed by atoms with Crippen LogP contribution in [0.15, 0.2) is 6.07 Å². The molecule has 1 aromatic carbocycles. The fraction of sp³-hybridized carbons (Fsp3) is 0.727. The van der Waals surface area contributed by atoms with E-state index in [-0.39, 0.29) is 17.8 Å². The summed E-state index contributed by atoms with van der Waals surface area (Å²) < 4.78 is 35.6. The lowest BCUT2D eigenvalue weighted by Gasteiger charge is -2.35. The number of benzene rings is 1. The summed E-state index contributed by atoms with van der Waals surface area (Å²) >= 11 is 0. The van der Waals surface area contributed by atoms with Gasteiger partial charge in [-0.05, 0) is 73.5 Å². The fourth-order valence-corrected chi connectivity index (χ4v) is 5.21. The van der Waals surface area contributed by atoms with E-state index >= 15 is 0 Å². The highest BCUT2D eigenvalue weighted by molar-refractivity contribution is 5.43. The topological polar surface area (TPSA) is 9.23 Å². The van der Waals surface area contributed by atoms with Crippen molar-refractivity contribution in [1.82, 2.24) is 0 Å². The van der Waals surface area contributed by atoms with E-state index in [1.165, 1.54) is 32.1 Å². The third kappa shape index (κ3) is 3.44. The zero-order valence-electron chi connectivity index (χ0n) is 15.3. The van der Waals surface area contributed by atoms with E-state index in [9.17, 15) is 8.78 Å². The second-order valence-electron chi connectivity index (χ2n) is 8.63. The van der Waals surface area contributed by atoms with Crippen LogP contribution in [-0.2, 0) is 6.42 Å². The normalized spacial score (nSPS) is 30.6. The van der Waals surface area contributed by atoms with Gasteiger partial charge in [-0.1, -0.05) is 39.0 Å². The van der Waals surface area contributed by atoms with Crippen LogP contribution < -0.4 is 4.74 Å². The molecule has 0 saturated heterocycles. The van der Waals surface area contributed by atoms with Gasteiger partial charge >= 0.3 is 0 Å². The zero-order chi connectivity index (χ0) is 17.4. The second-order valence-corrected chi connectivity index (χ2v) is 8.63. The molecule has 4 rings (SSSR count). The predicted octanol–water partition coefficient (Wildman–Crippen LogP) is 6.53. The summed E-state index contributed by atoms with van der Waals surface area (Å²) in [5, 5.41) is 0. The highest BCUT2D eigenvalue weighted by atomic mass is 19.2. The van der Waals surface area contributed by atoms with E-state index in [0.29, 0.717) is 17.4 Å². The van der Waals surface area contributed by atoms with Crippen molar-refractivity contribution in [3.8, 4) is 5.75 Å². The third-order valence-electron chi connectivity index (χ3n) is 6.87. The first-order valence-electron chi connectivity index (χ1n) is 10.3. The van der Waals surface area contributed by atoms with Crippen molar-refractivity contribution in [3.05, 3.63) is 28.8 Å². The Labute approximate surface area is 150 Å². The maximum atomic E-state index is 14.8. The number of hydrogen-bond donors (Lipinski definition) is 0. The van der Waals surface area contributed by atoms with Crippen LogP contribution in [0.1, 0.15) is 88.2 Å². The minimum atomic E-state index is -0.730. The van der Waals surface area contributed by atoms with Gasteiger partial charge in [-0.15, -0.1) is 0 Å².